The van der Waals surface area contributed by atoms with Gasteiger partial charge in [0, 0.05) is 91.0 Å². The molecule has 0 radical (unpaired) electrons. The quantitative estimate of drug-likeness (QED) is 0.103. The van der Waals surface area contributed by atoms with E-state index in [0.717, 1.165) is 191 Å². The lowest BCUT2D eigenvalue weighted by molar-refractivity contribution is 0.476. The van der Waals surface area contributed by atoms with E-state index in [0.29, 0.717) is 17.1 Å². The summed E-state index contributed by atoms with van der Waals surface area (Å²) in [6, 6.07) is 127. The Morgan fingerprint density at radius 3 is 1.30 bits per heavy atom. The monoisotopic (exact) mass is 1480 g/mol. The molecule has 0 amide bonds. The predicted molar refractivity (Wildman–Crippen MR) is 464 cm³/mol. The summed E-state index contributed by atoms with van der Waals surface area (Å²) in [5, 5.41) is 2.20. The Morgan fingerprint density at radius 1 is 0.235 bits per heavy atom. The van der Waals surface area contributed by atoms with Crippen molar-refractivity contribution in [3.8, 4) is 84.7 Å². The van der Waals surface area contributed by atoms with Crippen LogP contribution in [0.25, 0.3) is 117 Å². The lowest BCUT2D eigenvalue weighted by Gasteiger charge is -2.34. The Labute approximate surface area is 661 Å². The van der Waals surface area contributed by atoms with Gasteiger partial charge in [0.2, 0.25) is 0 Å². The van der Waals surface area contributed by atoms with Crippen LogP contribution in [0.4, 0.5) is 68.2 Å². The first-order valence-electron chi connectivity index (χ1n) is 38.2. The molecular formula is C101H64N12O2. The van der Waals surface area contributed by atoms with Crippen LogP contribution < -0.4 is 29.1 Å². The smallest absolute Gasteiger partial charge is 0.178 e. The fourth-order valence-corrected chi connectivity index (χ4v) is 16.2. The van der Waals surface area contributed by atoms with E-state index in [1.807, 2.05) is 91.3 Å². The number of fused-ring (bicyclic) bond motifs is 10. The molecule has 0 N–H and O–H groups in total. The van der Waals surface area contributed by atoms with Crippen LogP contribution in [0, 0.1) is 0 Å². The van der Waals surface area contributed by atoms with Crippen molar-refractivity contribution in [1.29, 1.82) is 0 Å². The van der Waals surface area contributed by atoms with E-state index in [9.17, 15) is 0 Å². The Hall–Kier alpha value is -15.9. The number of ether oxygens (including phenoxy) is 2. The summed E-state index contributed by atoms with van der Waals surface area (Å²) >= 11 is 0. The highest BCUT2D eigenvalue weighted by Gasteiger charge is 2.31. The van der Waals surface area contributed by atoms with Gasteiger partial charge in [-0.15, -0.1) is 0 Å². The van der Waals surface area contributed by atoms with Gasteiger partial charge in [0.15, 0.2) is 28.6 Å². The van der Waals surface area contributed by atoms with Gasteiger partial charge in [-0.2, -0.15) is 0 Å². The number of hydrogen-bond donors (Lipinski definition) is 0. The van der Waals surface area contributed by atoms with Crippen LogP contribution in [0.3, 0.4) is 0 Å². The molecule has 6 aromatic heterocycles. The molecule has 14 nitrogen and oxygen atoms in total. The van der Waals surface area contributed by atoms with Gasteiger partial charge in [0.05, 0.1) is 85.3 Å². The van der Waals surface area contributed by atoms with Crippen molar-refractivity contribution in [2.75, 3.05) is 19.6 Å². The zero-order valence-corrected chi connectivity index (χ0v) is 61.6. The maximum Gasteiger partial charge on any atom is 0.178 e. The van der Waals surface area contributed by atoms with Crippen LogP contribution >= 0.6 is 0 Å². The van der Waals surface area contributed by atoms with Gasteiger partial charge in [0.1, 0.15) is 5.52 Å². The first kappa shape index (κ1) is 66.1. The number of hydrogen-bond acceptors (Lipinski definition) is 13. The zero-order valence-electron chi connectivity index (χ0n) is 61.6. The molecule has 20 aromatic rings. The number of aromatic nitrogens is 8. The largest absolute Gasteiger partial charge is 0.453 e. The fraction of sp³-hybridized carbons (Fsp3) is 0. The van der Waals surface area contributed by atoms with E-state index < -0.39 is 0 Å². The van der Waals surface area contributed by atoms with Crippen molar-refractivity contribution in [2.24, 2.45) is 0 Å². The van der Waals surface area contributed by atoms with Crippen molar-refractivity contribution in [3.05, 3.63) is 389 Å². The Bertz CT molecular complexity index is 7150. The molecule has 14 aromatic carbocycles. The average Bonchev–Trinajstić information content (AvgIpc) is 1.70. The maximum atomic E-state index is 7.16. The van der Waals surface area contributed by atoms with Crippen molar-refractivity contribution < 1.29 is 9.47 Å². The summed E-state index contributed by atoms with van der Waals surface area (Å²) < 4.78 is 16.4. The second-order valence-corrected chi connectivity index (χ2v) is 28.6. The minimum atomic E-state index is 0.591. The third-order valence-corrected chi connectivity index (χ3v) is 21.7. The normalized spacial score (nSPS) is 12.1. The SMILES string of the molecule is c1ccc(N(c2ccccc2)c2ccc3c(c2)c2cc(N(c4ccccc4)c4cccc(-c5ccc6c(c5)N(c5ccc(-c7cnc8cccnc8n7)cc5)c5ccc(-c7ccc8c(c7)Oc7ccccc7N8c7ccc(-c8ccc9ncccc9n8)cc7)cc5O6)c4)ccc2n3-c2ccc(-c3cnc4ccccc4n3)cc2)cc1. The lowest BCUT2D eigenvalue weighted by Crippen LogP contribution is -2.16. The summed E-state index contributed by atoms with van der Waals surface area (Å²) in [5.41, 5.74) is 28.9. The van der Waals surface area contributed by atoms with E-state index >= 15 is 0 Å². The second-order valence-electron chi connectivity index (χ2n) is 28.6. The number of para-hydroxylation sites is 7. The third-order valence-electron chi connectivity index (χ3n) is 21.7. The van der Waals surface area contributed by atoms with E-state index in [4.69, 9.17) is 34.4 Å². The summed E-state index contributed by atoms with van der Waals surface area (Å²) in [7, 11) is 0. The Kier molecular flexibility index (Phi) is 15.8. The molecule has 8 heterocycles. The van der Waals surface area contributed by atoms with Crippen molar-refractivity contribution in [2.45, 2.75) is 0 Å². The number of benzene rings is 14. The predicted octanol–water partition coefficient (Wildman–Crippen LogP) is 26.4. The number of anilines is 12. The molecule has 0 saturated carbocycles. The second kappa shape index (κ2) is 27.6. The molecule has 2 aliphatic heterocycles. The van der Waals surface area contributed by atoms with Gasteiger partial charge in [0.25, 0.3) is 0 Å². The summed E-state index contributed by atoms with van der Waals surface area (Å²) in [6.07, 6.45) is 7.21. The topological polar surface area (TPSA) is 127 Å². The molecular weight excluding hydrogens is 1410 g/mol. The molecule has 14 heteroatoms. The van der Waals surface area contributed by atoms with Gasteiger partial charge in [-0.1, -0.05) is 146 Å². The molecule has 540 valence electrons. The van der Waals surface area contributed by atoms with Gasteiger partial charge < -0.3 is 33.6 Å². The van der Waals surface area contributed by atoms with Crippen molar-refractivity contribution in [3.63, 3.8) is 0 Å². The van der Waals surface area contributed by atoms with Crippen LogP contribution in [0.1, 0.15) is 0 Å². The Balaban J connectivity index is 0.633. The van der Waals surface area contributed by atoms with Crippen LogP contribution in [0.2, 0.25) is 0 Å². The van der Waals surface area contributed by atoms with Crippen LogP contribution in [-0.2, 0) is 0 Å². The standard InChI is InChI=1S/C101H64N12O2/c1-4-18-72(19-5-1)109(73-20-6-2-7-21-73)79-46-52-91-81(61-79)82-62-80(47-53-92(82)111(91)75-42-33-66(34-43-75)89-63-104-84-25-10-11-26-86(84)107-89)110(74-22-8-3-9-23-74)78-24-14-17-68(57-78)69-39-54-98-96(58-69)113(77-44-35-67(36-45-77)90-64-105-88-28-16-56-103-101(88)108-90)95-51-38-71(60-100(95)115-98)70-37-50-94-99(59-70)114-97-30-13-12-29-93(97)112(94)76-40-31-65(32-41-76)83-48-49-85-87(106-83)27-15-55-102-85/h1-64H. The molecule has 0 aliphatic carbocycles. The highest BCUT2D eigenvalue weighted by molar-refractivity contribution is 6.12. The van der Waals surface area contributed by atoms with Gasteiger partial charge in [-0.3, -0.25) is 15.0 Å². The van der Waals surface area contributed by atoms with E-state index in [-0.39, 0.29) is 0 Å². The third kappa shape index (κ3) is 11.9. The highest BCUT2D eigenvalue weighted by atomic mass is 16.5. The average molecular weight is 1480 g/mol. The van der Waals surface area contributed by atoms with E-state index in [1.165, 1.54) is 0 Å². The minimum absolute atomic E-state index is 0.591. The van der Waals surface area contributed by atoms with Crippen molar-refractivity contribution in [1.82, 2.24) is 39.5 Å². The van der Waals surface area contributed by atoms with Crippen molar-refractivity contribution >= 4 is 123 Å². The number of nitrogens with zero attached hydrogens (tertiary/aromatic N) is 12. The molecule has 115 heavy (non-hydrogen) atoms. The maximum absolute atomic E-state index is 7.16. The molecule has 0 saturated heterocycles. The van der Waals surface area contributed by atoms with E-state index in [1.54, 1.807) is 12.4 Å². The van der Waals surface area contributed by atoms with Crippen LogP contribution in [-0.4, -0.2) is 39.5 Å². The molecule has 0 bridgehead atoms. The summed E-state index contributed by atoms with van der Waals surface area (Å²) in [4.78, 5) is 42.6. The van der Waals surface area contributed by atoms with E-state index in [2.05, 4.69) is 319 Å². The summed E-state index contributed by atoms with van der Waals surface area (Å²) in [5.74, 6) is 2.88. The molecule has 0 spiro atoms. The fourth-order valence-electron chi connectivity index (χ4n) is 16.2. The molecule has 2 aliphatic rings. The Morgan fingerprint density at radius 2 is 0.670 bits per heavy atom. The zero-order chi connectivity index (χ0) is 75.9. The molecule has 0 atom stereocenters. The lowest BCUT2D eigenvalue weighted by atomic mass is 9.99. The summed E-state index contributed by atoms with van der Waals surface area (Å²) in [6.45, 7) is 0. The molecule has 0 fully saturated rings. The molecule has 22 rings (SSSR count). The van der Waals surface area contributed by atoms with Crippen LogP contribution in [0.15, 0.2) is 389 Å². The van der Waals surface area contributed by atoms with Gasteiger partial charge in [-0.05, 0) is 241 Å². The first-order valence-corrected chi connectivity index (χ1v) is 38.2. The first-order chi connectivity index (χ1) is 56.9. The highest BCUT2D eigenvalue weighted by Crippen LogP contribution is 2.56. The molecule has 0 unspecified atom stereocenters. The van der Waals surface area contributed by atoms with Crippen LogP contribution in [0.5, 0.6) is 23.0 Å². The van der Waals surface area contributed by atoms with Gasteiger partial charge in [-0.25, -0.2) is 19.9 Å². The minimum Gasteiger partial charge on any atom is -0.453 e. The number of rotatable bonds is 14. The number of pyridine rings is 3. The van der Waals surface area contributed by atoms with Gasteiger partial charge >= 0.3 is 0 Å².